The first-order valence-corrected chi connectivity index (χ1v) is 6.16. The van der Waals surface area contributed by atoms with Crippen molar-refractivity contribution >= 4 is 5.69 Å². The molecule has 5 atom stereocenters. The molecule has 0 aliphatic carbocycles. The van der Waals surface area contributed by atoms with Crippen LogP contribution in [0.5, 0.6) is 5.75 Å². The van der Waals surface area contributed by atoms with Crippen molar-refractivity contribution in [1.82, 2.24) is 0 Å². The van der Waals surface area contributed by atoms with Gasteiger partial charge in [0.05, 0.1) is 11.5 Å². The Kier molecular flexibility index (Phi) is 4.70. The average molecular weight is 301 g/mol. The van der Waals surface area contributed by atoms with E-state index in [9.17, 15) is 25.4 Å². The number of hydrogen-bond acceptors (Lipinski definition) is 8. The second kappa shape index (κ2) is 6.33. The molecule has 1 aliphatic heterocycles. The van der Waals surface area contributed by atoms with Crippen molar-refractivity contribution < 1.29 is 34.8 Å². The summed E-state index contributed by atoms with van der Waals surface area (Å²) in [5.74, 6) is -0.177. The van der Waals surface area contributed by atoms with E-state index >= 15 is 0 Å². The summed E-state index contributed by atoms with van der Waals surface area (Å²) in [6.45, 7) is -0.604. The van der Waals surface area contributed by atoms with Gasteiger partial charge in [-0.15, -0.1) is 0 Å². The Morgan fingerprint density at radius 2 is 1.90 bits per heavy atom. The molecule has 0 bridgehead atoms. The fourth-order valence-electron chi connectivity index (χ4n) is 2.05. The Labute approximate surface area is 119 Å². The van der Waals surface area contributed by atoms with E-state index in [-0.39, 0.29) is 11.4 Å². The second-order valence-electron chi connectivity index (χ2n) is 4.54. The van der Waals surface area contributed by atoms with Crippen molar-refractivity contribution in [2.75, 3.05) is 6.61 Å². The summed E-state index contributed by atoms with van der Waals surface area (Å²) in [4.78, 5) is 10.2. The minimum atomic E-state index is -1.65. The van der Waals surface area contributed by atoms with Crippen LogP contribution in [0.25, 0.3) is 0 Å². The van der Waals surface area contributed by atoms with Crippen LogP contribution in [0.3, 0.4) is 0 Å². The maximum atomic E-state index is 10.9. The summed E-state index contributed by atoms with van der Waals surface area (Å²) in [6.07, 6.45) is -7.32. The number of aliphatic hydroxyl groups excluding tert-OH is 4. The first-order chi connectivity index (χ1) is 9.95. The third-order valence-corrected chi connectivity index (χ3v) is 3.17. The predicted octanol–water partition coefficient (Wildman–Crippen LogP) is -1.23. The van der Waals surface area contributed by atoms with Gasteiger partial charge in [0.1, 0.15) is 18.3 Å². The first-order valence-electron chi connectivity index (χ1n) is 6.16. The highest BCUT2D eigenvalue weighted by Gasteiger charge is 2.45. The molecule has 0 saturated carbocycles. The highest BCUT2D eigenvalue weighted by Crippen LogP contribution is 2.30. The Morgan fingerprint density at radius 3 is 2.52 bits per heavy atom. The molecular weight excluding hydrogens is 286 g/mol. The number of ether oxygens (including phenoxy) is 2. The van der Waals surface area contributed by atoms with Gasteiger partial charge in [-0.1, -0.05) is 12.1 Å². The zero-order chi connectivity index (χ0) is 15.6. The Balaban J connectivity index is 2.21. The van der Waals surface area contributed by atoms with E-state index in [0.29, 0.717) is 0 Å². The summed E-state index contributed by atoms with van der Waals surface area (Å²) in [5.41, 5.74) is -0.351. The maximum absolute atomic E-state index is 10.9. The number of nitro groups is 1. The van der Waals surface area contributed by atoms with Gasteiger partial charge in [0.15, 0.2) is 18.1 Å². The third-order valence-electron chi connectivity index (χ3n) is 3.17. The second-order valence-corrected chi connectivity index (χ2v) is 4.54. The normalized spacial score (nSPS) is 32.7. The fourth-order valence-corrected chi connectivity index (χ4v) is 2.05. The summed E-state index contributed by atoms with van der Waals surface area (Å²) in [5, 5.41) is 49.2. The minimum Gasteiger partial charge on any atom is -0.475 e. The molecule has 0 amide bonds. The lowest BCUT2D eigenvalue weighted by Gasteiger charge is -2.39. The van der Waals surface area contributed by atoms with Gasteiger partial charge in [0, 0.05) is 6.07 Å². The van der Waals surface area contributed by atoms with Gasteiger partial charge >= 0.3 is 5.69 Å². The van der Waals surface area contributed by atoms with Crippen molar-refractivity contribution in [3.63, 3.8) is 0 Å². The van der Waals surface area contributed by atoms with Gasteiger partial charge in [0.2, 0.25) is 0 Å². The largest absolute Gasteiger partial charge is 0.475 e. The van der Waals surface area contributed by atoms with E-state index in [1.165, 1.54) is 24.3 Å². The molecule has 116 valence electrons. The van der Waals surface area contributed by atoms with Crippen molar-refractivity contribution in [1.29, 1.82) is 0 Å². The highest BCUT2D eigenvalue weighted by molar-refractivity contribution is 5.45. The number of nitro benzene ring substituents is 1. The quantitative estimate of drug-likeness (QED) is 0.400. The summed E-state index contributed by atoms with van der Waals surface area (Å²) in [6, 6.07) is 5.41. The summed E-state index contributed by atoms with van der Waals surface area (Å²) < 4.78 is 10.1. The van der Waals surface area contributed by atoms with Gasteiger partial charge in [-0.25, -0.2) is 0 Å². The molecule has 4 N–H and O–H groups in total. The molecule has 21 heavy (non-hydrogen) atoms. The lowest BCUT2D eigenvalue weighted by Crippen LogP contribution is -2.60. The van der Waals surface area contributed by atoms with E-state index in [1.807, 2.05) is 0 Å². The zero-order valence-electron chi connectivity index (χ0n) is 10.8. The Bertz CT molecular complexity index is 510. The molecule has 0 spiro atoms. The summed E-state index contributed by atoms with van der Waals surface area (Å²) in [7, 11) is 0. The van der Waals surface area contributed by atoms with Gasteiger partial charge in [-0.2, -0.15) is 0 Å². The number of benzene rings is 1. The van der Waals surface area contributed by atoms with Gasteiger partial charge < -0.3 is 29.9 Å². The van der Waals surface area contributed by atoms with Gasteiger partial charge in [0.25, 0.3) is 0 Å². The van der Waals surface area contributed by atoms with Crippen LogP contribution in [0.2, 0.25) is 0 Å². The number of aliphatic hydroxyl groups is 4. The topological polar surface area (TPSA) is 143 Å². The Hall–Kier alpha value is -1.78. The smallest absolute Gasteiger partial charge is 0.310 e. The number of hydrogen-bond donors (Lipinski definition) is 4. The monoisotopic (exact) mass is 301 g/mol. The van der Waals surface area contributed by atoms with Crippen molar-refractivity contribution in [2.24, 2.45) is 0 Å². The lowest BCUT2D eigenvalue weighted by atomic mass is 9.99. The predicted molar refractivity (Wildman–Crippen MR) is 67.5 cm³/mol. The number of para-hydroxylation sites is 2. The zero-order valence-corrected chi connectivity index (χ0v) is 10.8. The van der Waals surface area contributed by atoms with Crippen LogP contribution >= 0.6 is 0 Å². The molecule has 0 radical (unpaired) electrons. The minimum absolute atomic E-state index is 0.177. The molecule has 1 saturated heterocycles. The van der Waals surface area contributed by atoms with Gasteiger partial charge in [-0.05, 0) is 6.07 Å². The van der Waals surface area contributed by atoms with Crippen LogP contribution in [0.4, 0.5) is 5.69 Å². The molecule has 1 aromatic carbocycles. The highest BCUT2D eigenvalue weighted by atomic mass is 16.7. The van der Waals surface area contributed by atoms with Crippen molar-refractivity contribution in [3.05, 3.63) is 34.4 Å². The van der Waals surface area contributed by atoms with Crippen LogP contribution in [0.15, 0.2) is 24.3 Å². The van der Waals surface area contributed by atoms with Crippen molar-refractivity contribution in [3.8, 4) is 5.75 Å². The van der Waals surface area contributed by atoms with Gasteiger partial charge in [-0.3, -0.25) is 10.1 Å². The fraction of sp³-hybridized carbons (Fsp3) is 0.500. The third kappa shape index (κ3) is 3.12. The molecule has 9 nitrogen and oxygen atoms in total. The molecule has 2 rings (SSSR count). The van der Waals surface area contributed by atoms with Crippen LogP contribution < -0.4 is 4.74 Å². The number of rotatable bonds is 4. The molecule has 1 aromatic rings. The standard InChI is InChI=1S/C12H15NO8/c14-5-8-9(15)10(16)11(12(17)21-8)20-7-4-2-1-3-6(7)13(18)19/h1-4,8-12,14-17H,5H2/t8-,9-,10+,11+,12?/m1/s1. The molecule has 1 heterocycles. The van der Waals surface area contributed by atoms with Crippen LogP contribution in [0, 0.1) is 10.1 Å². The van der Waals surface area contributed by atoms with E-state index < -0.39 is 42.2 Å². The van der Waals surface area contributed by atoms with E-state index in [0.717, 1.165) is 0 Å². The average Bonchev–Trinajstić information content (AvgIpc) is 2.47. The molecule has 9 heteroatoms. The maximum Gasteiger partial charge on any atom is 0.310 e. The van der Waals surface area contributed by atoms with E-state index in [2.05, 4.69) is 0 Å². The van der Waals surface area contributed by atoms with Crippen molar-refractivity contribution in [2.45, 2.75) is 30.7 Å². The van der Waals surface area contributed by atoms with E-state index in [4.69, 9.17) is 14.6 Å². The molecule has 1 unspecified atom stereocenters. The Morgan fingerprint density at radius 1 is 1.24 bits per heavy atom. The molecule has 1 aliphatic rings. The molecule has 1 fully saturated rings. The molecular formula is C12H15NO8. The first kappa shape index (κ1) is 15.6. The number of nitrogens with zero attached hydrogens (tertiary/aromatic N) is 1. The SMILES string of the molecule is O=[N+]([O-])c1ccccc1O[C@@H]1C(O)O[C@H](CO)[C@@H](O)[C@@H]1O. The molecule has 0 aromatic heterocycles. The van der Waals surface area contributed by atoms with Crippen LogP contribution in [-0.4, -0.2) is 62.7 Å². The lowest BCUT2D eigenvalue weighted by molar-refractivity contribution is -0.386. The van der Waals surface area contributed by atoms with Crippen LogP contribution in [0.1, 0.15) is 0 Å². The van der Waals surface area contributed by atoms with Crippen LogP contribution in [-0.2, 0) is 4.74 Å². The van der Waals surface area contributed by atoms with E-state index in [1.54, 1.807) is 0 Å². The summed E-state index contributed by atoms with van der Waals surface area (Å²) >= 11 is 0.